The van der Waals surface area contributed by atoms with Crippen molar-refractivity contribution in [3.63, 3.8) is 0 Å². The van der Waals surface area contributed by atoms with Gasteiger partial charge in [-0.2, -0.15) is 0 Å². The van der Waals surface area contributed by atoms with Gasteiger partial charge in [0.1, 0.15) is 5.37 Å². The fraction of sp³-hybridized carbons (Fsp3) is 0.286. The highest BCUT2D eigenvalue weighted by Crippen LogP contribution is 2.43. The number of ether oxygens (including phenoxy) is 2. The van der Waals surface area contributed by atoms with E-state index in [-0.39, 0.29) is 17.0 Å². The second kappa shape index (κ2) is 8.38. The van der Waals surface area contributed by atoms with E-state index in [1.54, 1.807) is 24.1 Å². The molecule has 1 aliphatic heterocycles. The number of nitrogens with one attached hydrogen (secondary N) is 1. The number of benzene rings is 2. The third-order valence-corrected chi connectivity index (χ3v) is 6.29. The maximum atomic E-state index is 12.7. The summed E-state index contributed by atoms with van der Waals surface area (Å²) in [7, 11) is 3.05. The maximum Gasteiger partial charge on any atom is 0.253 e. The number of thioether (sulfide) groups is 1. The van der Waals surface area contributed by atoms with Crippen molar-refractivity contribution in [2.24, 2.45) is 0 Å². The van der Waals surface area contributed by atoms with Gasteiger partial charge in [-0.25, -0.2) is 5.01 Å². The van der Waals surface area contributed by atoms with Crippen LogP contribution in [0.5, 0.6) is 11.5 Å². The van der Waals surface area contributed by atoms with Crippen LogP contribution < -0.4 is 19.8 Å². The Hall–Kier alpha value is -3.40. The minimum absolute atomic E-state index is 0.0629. The number of rotatable bonds is 6. The molecule has 2 heterocycles. The van der Waals surface area contributed by atoms with Gasteiger partial charge in [0.05, 0.1) is 31.2 Å². The summed E-state index contributed by atoms with van der Waals surface area (Å²) >= 11 is 1.53. The Labute approximate surface area is 183 Å². The molecule has 0 aliphatic carbocycles. The average Bonchev–Trinajstić information content (AvgIpc) is 3.30. The number of hydrogen-bond acceptors (Lipinski definition) is 8. The van der Waals surface area contributed by atoms with E-state index >= 15 is 0 Å². The number of hydrazine groups is 1. The van der Waals surface area contributed by atoms with Crippen molar-refractivity contribution in [3.8, 4) is 22.8 Å². The smallest absolute Gasteiger partial charge is 0.253 e. The van der Waals surface area contributed by atoms with Gasteiger partial charge < -0.3 is 14.7 Å². The number of anilines is 1. The van der Waals surface area contributed by atoms with Gasteiger partial charge in [-0.05, 0) is 23.5 Å². The molecule has 31 heavy (non-hydrogen) atoms. The first kappa shape index (κ1) is 20.9. The predicted molar refractivity (Wildman–Crippen MR) is 116 cm³/mol. The Bertz CT molecular complexity index is 1120. The van der Waals surface area contributed by atoms with Crippen molar-refractivity contribution in [1.82, 2.24) is 10.2 Å². The van der Waals surface area contributed by atoms with Crippen LogP contribution in [0.2, 0.25) is 0 Å². The van der Waals surface area contributed by atoms with Crippen molar-refractivity contribution >= 4 is 23.4 Å². The van der Waals surface area contributed by atoms with Crippen molar-refractivity contribution in [2.75, 3.05) is 25.4 Å². The molecule has 1 unspecified atom stereocenters. The van der Waals surface area contributed by atoms with Crippen LogP contribution in [0.25, 0.3) is 11.3 Å². The lowest BCUT2D eigenvalue weighted by molar-refractivity contribution is -0.806. The van der Waals surface area contributed by atoms with Crippen LogP contribution in [-0.2, 0) is 4.79 Å². The van der Waals surface area contributed by atoms with Gasteiger partial charge in [0, 0.05) is 18.1 Å². The number of amides is 1. The molecule has 1 aromatic heterocycles. The Kier molecular flexibility index (Phi) is 5.64. The minimum atomic E-state index is -0.211. The fourth-order valence-electron chi connectivity index (χ4n) is 3.36. The first-order chi connectivity index (χ1) is 14.9. The van der Waals surface area contributed by atoms with Gasteiger partial charge >= 0.3 is 0 Å². The molecule has 0 spiro atoms. The molecule has 2 aromatic carbocycles. The van der Waals surface area contributed by atoms with E-state index in [0.717, 1.165) is 11.1 Å². The molecular weight excluding hydrogens is 420 g/mol. The summed E-state index contributed by atoms with van der Waals surface area (Å²) in [6.45, 7) is 3.62. The number of aromatic nitrogens is 2. The molecule has 1 saturated heterocycles. The number of carbonyl (C=O) groups excluding carboxylic acids is 1. The standard InChI is InChI=1S/C21H22N4O5S/c1-12-5-7-14(8-6-12)21-24(19(26)11-31-21)22-16-10-18(29-4)17(28-3)9-15(16)20-13(2)25(27)30-23-20/h5-10,21-22H,11H2,1-4H3. The van der Waals surface area contributed by atoms with Gasteiger partial charge in [0.25, 0.3) is 11.6 Å². The minimum Gasteiger partial charge on any atom is -0.493 e. The number of aryl methyl sites for hydroxylation is 1. The van der Waals surface area contributed by atoms with E-state index < -0.39 is 0 Å². The third kappa shape index (κ3) is 3.86. The van der Waals surface area contributed by atoms with Crippen LogP contribution in [0.4, 0.5) is 5.69 Å². The van der Waals surface area contributed by atoms with E-state index in [0.29, 0.717) is 39.1 Å². The fourth-order valence-corrected chi connectivity index (χ4v) is 4.46. The van der Waals surface area contributed by atoms with Gasteiger partial charge in [-0.3, -0.25) is 14.8 Å². The van der Waals surface area contributed by atoms with E-state index in [9.17, 15) is 10.0 Å². The van der Waals surface area contributed by atoms with Crippen LogP contribution in [-0.4, -0.2) is 36.0 Å². The highest BCUT2D eigenvalue weighted by atomic mass is 32.2. The molecule has 4 rings (SSSR count). The summed E-state index contributed by atoms with van der Waals surface area (Å²) in [5.74, 6) is 1.21. The summed E-state index contributed by atoms with van der Waals surface area (Å²) in [6, 6.07) is 11.5. The lowest BCUT2D eigenvalue weighted by atomic mass is 10.1. The lowest BCUT2D eigenvalue weighted by Gasteiger charge is -2.27. The highest BCUT2D eigenvalue weighted by Gasteiger charge is 2.34. The lowest BCUT2D eigenvalue weighted by Crippen LogP contribution is -2.34. The summed E-state index contributed by atoms with van der Waals surface area (Å²) in [4.78, 5) is 13.1. The van der Waals surface area contributed by atoms with Gasteiger partial charge in [-0.15, -0.1) is 11.8 Å². The number of methoxy groups -OCH3 is 2. The van der Waals surface area contributed by atoms with Crippen LogP contribution >= 0.6 is 11.8 Å². The molecule has 1 N–H and O–H groups in total. The topological polar surface area (TPSA) is 104 Å². The predicted octanol–water partition coefficient (Wildman–Crippen LogP) is 3.21. The zero-order valence-electron chi connectivity index (χ0n) is 17.5. The molecule has 1 fully saturated rings. The molecule has 1 atom stereocenters. The summed E-state index contributed by atoms with van der Waals surface area (Å²) in [6.07, 6.45) is 0. The van der Waals surface area contributed by atoms with Crippen molar-refractivity contribution < 1.29 is 23.8 Å². The first-order valence-electron chi connectivity index (χ1n) is 9.52. The number of nitrogens with zero attached hydrogens (tertiary/aromatic N) is 3. The van der Waals surface area contributed by atoms with Crippen LogP contribution in [0.15, 0.2) is 41.0 Å². The molecule has 0 saturated carbocycles. The third-order valence-electron chi connectivity index (χ3n) is 5.07. The quantitative estimate of drug-likeness (QED) is 0.581. The molecule has 1 aliphatic rings. The second-order valence-corrected chi connectivity index (χ2v) is 8.13. The van der Waals surface area contributed by atoms with Crippen molar-refractivity contribution in [2.45, 2.75) is 19.2 Å². The van der Waals surface area contributed by atoms with Crippen LogP contribution in [0.1, 0.15) is 22.2 Å². The Morgan fingerprint density at radius 3 is 2.48 bits per heavy atom. The Morgan fingerprint density at radius 2 is 1.87 bits per heavy atom. The Morgan fingerprint density at radius 1 is 1.19 bits per heavy atom. The normalized spacial score (nSPS) is 15.9. The SMILES string of the molecule is COc1cc(NN2C(=O)CSC2c2ccc(C)cc2)c(-c2no[n+]([O-])c2C)cc1OC. The average molecular weight is 442 g/mol. The molecular formula is C21H22N4O5S. The van der Waals surface area contributed by atoms with Gasteiger partial charge in [0.2, 0.25) is 5.69 Å². The van der Waals surface area contributed by atoms with Gasteiger partial charge in [0.15, 0.2) is 11.5 Å². The molecule has 10 heteroatoms. The summed E-state index contributed by atoms with van der Waals surface area (Å²) < 4.78 is 15.6. The van der Waals surface area contributed by atoms with Crippen molar-refractivity contribution in [1.29, 1.82) is 0 Å². The highest BCUT2D eigenvalue weighted by molar-refractivity contribution is 8.00. The number of hydrogen-bond donors (Lipinski definition) is 1. The van der Waals surface area contributed by atoms with E-state index in [1.807, 2.05) is 31.2 Å². The van der Waals surface area contributed by atoms with E-state index in [4.69, 9.17) is 14.1 Å². The maximum absolute atomic E-state index is 12.7. The molecule has 162 valence electrons. The van der Waals surface area contributed by atoms with E-state index in [1.165, 1.54) is 26.0 Å². The summed E-state index contributed by atoms with van der Waals surface area (Å²) in [5, 5.41) is 17.1. The molecule has 0 bridgehead atoms. The zero-order valence-corrected chi connectivity index (χ0v) is 18.4. The van der Waals surface area contributed by atoms with E-state index in [2.05, 4.69) is 10.6 Å². The molecule has 0 radical (unpaired) electrons. The zero-order chi connectivity index (χ0) is 22.1. The van der Waals surface area contributed by atoms with Crippen LogP contribution in [0, 0.1) is 19.1 Å². The largest absolute Gasteiger partial charge is 0.493 e. The number of carbonyl (C=O) groups is 1. The van der Waals surface area contributed by atoms with Gasteiger partial charge in [-0.1, -0.05) is 29.8 Å². The molecule has 9 nitrogen and oxygen atoms in total. The monoisotopic (exact) mass is 442 g/mol. The second-order valence-electron chi connectivity index (χ2n) is 7.07. The Balaban J connectivity index is 1.78. The summed E-state index contributed by atoms with van der Waals surface area (Å²) in [5.41, 5.74) is 7.06. The van der Waals surface area contributed by atoms with Crippen molar-refractivity contribution in [3.05, 3.63) is 58.4 Å². The molecule has 3 aromatic rings. The molecule has 1 amide bonds. The van der Waals surface area contributed by atoms with Crippen LogP contribution in [0.3, 0.4) is 0 Å². The first-order valence-corrected chi connectivity index (χ1v) is 10.6.